The van der Waals surface area contributed by atoms with Crippen LogP contribution in [0.15, 0.2) is 34.9 Å². The van der Waals surface area contributed by atoms with Crippen LogP contribution in [-0.4, -0.2) is 17.2 Å². The molecule has 0 amide bonds. The summed E-state index contributed by atoms with van der Waals surface area (Å²) < 4.78 is 5.46. The topological polar surface area (TPSA) is 51.0 Å². The Bertz CT molecular complexity index is 495. The fourth-order valence-corrected chi connectivity index (χ4v) is 2.23. The fraction of sp³-hybridized carbons (Fsp3) is 0.467. The minimum atomic E-state index is 0.171. The number of rotatable bonds is 6. The van der Waals surface area contributed by atoms with Gasteiger partial charge in [0.25, 0.3) is 0 Å². The van der Waals surface area contributed by atoms with Crippen molar-refractivity contribution in [1.29, 1.82) is 0 Å². The summed E-state index contributed by atoms with van der Waals surface area (Å²) in [6.07, 6.45) is 1.07. The van der Waals surface area contributed by atoms with E-state index < -0.39 is 0 Å². The molecule has 1 heterocycles. The lowest BCUT2D eigenvalue weighted by molar-refractivity contribution is 0.327. The number of benzene rings is 1. The zero-order valence-electron chi connectivity index (χ0n) is 11.8. The van der Waals surface area contributed by atoms with E-state index in [2.05, 4.69) is 53.6 Å². The molecule has 2 aromatic rings. The Kier molecular flexibility index (Phi) is 4.68. The maximum atomic E-state index is 5.46. The van der Waals surface area contributed by atoms with Crippen molar-refractivity contribution in [2.45, 2.75) is 32.7 Å². The van der Waals surface area contributed by atoms with Gasteiger partial charge in [-0.3, -0.25) is 0 Å². The number of hydrogen-bond acceptors (Lipinski definition) is 4. The molecule has 0 saturated carbocycles. The van der Waals surface area contributed by atoms with Crippen LogP contribution in [0.25, 0.3) is 0 Å². The van der Waals surface area contributed by atoms with E-state index in [9.17, 15) is 0 Å². The maximum absolute atomic E-state index is 5.46. The maximum Gasteiger partial charge on any atom is 0.234 e. The molecule has 0 fully saturated rings. The van der Waals surface area contributed by atoms with Gasteiger partial charge in [0.2, 0.25) is 5.89 Å². The summed E-state index contributed by atoms with van der Waals surface area (Å²) in [4.78, 5) is 4.51. The summed E-state index contributed by atoms with van der Waals surface area (Å²) >= 11 is 0. The van der Waals surface area contributed by atoms with Gasteiger partial charge in [-0.2, -0.15) is 4.98 Å². The van der Waals surface area contributed by atoms with Crippen molar-refractivity contribution < 1.29 is 4.52 Å². The molecule has 0 spiro atoms. The lowest BCUT2D eigenvalue weighted by Gasteiger charge is -2.19. The molecule has 1 N–H and O–H groups in total. The second-order valence-corrected chi connectivity index (χ2v) is 4.85. The van der Waals surface area contributed by atoms with Crippen molar-refractivity contribution in [1.82, 2.24) is 15.5 Å². The largest absolute Gasteiger partial charge is 0.339 e. The Morgan fingerprint density at radius 3 is 2.63 bits per heavy atom. The average molecular weight is 259 g/mol. The molecular formula is C15H21N3O. The van der Waals surface area contributed by atoms with Gasteiger partial charge in [-0.05, 0) is 18.5 Å². The zero-order chi connectivity index (χ0) is 13.7. The van der Waals surface area contributed by atoms with Gasteiger partial charge in [-0.1, -0.05) is 55.8 Å². The molecule has 0 aliphatic carbocycles. The van der Waals surface area contributed by atoms with Gasteiger partial charge in [-0.15, -0.1) is 0 Å². The standard InChI is InChI=1S/C15H21N3O/c1-4-11(2)14(12-8-6-5-7-9-12)15-17-13(10-16-3)18-19-15/h5-9,11,14,16H,4,10H2,1-3H3. The molecule has 4 nitrogen and oxygen atoms in total. The van der Waals surface area contributed by atoms with Crippen LogP contribution in [0.3, 0.4) is 0 Å². The second kappa shape index (κ2) is 6.48. The molecule has 2 rings (SSSR count). The van der Waals surface area contributed by atoms with Crippen molar-refractivity contribution in [2.24, 2.45) is 5.92 Å². The highest BCUT2D eigenvalue weighted by atomic mass is 16.5. The molecule has 0 bridgehead atoms. The number of nitrogens with one attached hydrogen (secondary N) is 1. The van der Waals surface area contributed by atoms with Gasteiger partial charge >= 0.3 is 0 Å². The molecule has 4 heteroatoms. The Morgan fingerprint density at radius 2 is 2.00 bits per heavy atom. The summed E-state index contributed by atoms with van der Waals surface area (Å²) in [6.45, 7) is 5.04. The lowest BCUT2D eigenvalue weighted by atomic mass is 9.85. The first-order chi connectivity index (χ1) is 9.26. The number of hydrogen-bond donors (Lipinski definition) is 1. The quantitative estimate of drug-likeness (QED) is 0.866. The van der Waals surface area contributed by atoms with Crippen LogP contribution in [0.1, 0.15) is 43.5 Å². The predicted octanol–water partition coefficient (Wildman–Crippen LogP) is 2.97. The van der Waals surface area contributed by atoms with Gasteiger partial charge in [-0.25, -0.2) is 0 Å². The average Bonchev–Trinajstić information content (AvgIpc) is 2.89. The molecule has 0 saturated heterocycles. The third-order valence-corrected chi connectivity index (χ3v) is 3.46. The van der Waals surface area contributed by atoms with Gasteiger partial charge in [0, 0.05) is 0 Å². The summed E-state index contributed by atoms with van der Waals surface area (Å²) in [5, 5.41) is 7.05. The monoisotopic (exact) mass is 259 g/mol. The van der Waals surface area contributed by atoms with E-state index in [1.54, 1.807) is 0 Å². The smallest absolute Gasteiger partial charge is 0.234 e. The SMILES string of the molecule is CCC(C)C(c1ccccc1)c1nc(CNC)no1. The van der Waals surface area contributed by atoms with E-state index in [1.807, 2.05) is 13.1 Å². The minimum absolute atomic E-state index is 0.171. The van der Waals surface area contributed by atoms with Crippen LogP contribution in [0.2, 0.25) is 0 Å². The highest BCUT2D eigenvalue weighted by Gasteiger charge is 2.25. The predicted molar refractivity (Wildman–Crippen MR) is 74.8 cm³/mol. The first kappa shape index (κ1) is 13.7. The molecule has 1 aromatic heterocycles. The Balaban J connectivity index is 2.32. The van der Waals surface area contributed by atoms with Gasteiger partial charge in [0.15, 0.2) is 5.82 Å². The lowest BCUT2D eigenvalue weighted by Crippen LogP contribution is -2.12. The summed E-state index contributed by atoms with van der Waals surface area (Å²) in [6, 6.07) is 10.4. The first-order valence-corrected chi connectivity index (χ1v) is 6.78. The molecule has 0 aliphatic heterocycles. The zero-order valence-corrected chi connectivity index (χ0v) is 11.8. The summed E-state index contributed by atoms with van der Waals surface area (Å²) in [5.74, 6) is 2.06. The van der Waals surface area contributed by atoms with Crippen molar-refractivity contribution in [2.75, 3.05) is 7.05 Å². The van der Waals surface area contributed by atoms with Crippen LogP contribution in [0.5, 0.6) is 0 Å². The van der Waals surface area contributed by atoms with E-state index in [4.69, 9.17) is 4.52 Å². The fourth-order valence-electron chi connectivity index (χ4n) is 2.23. The molecule has 0 radical (unpaired) electrons. The Labute approximate surface area is 114 Å². The normalized spacial score (nSPS) is 14.3. The number of nitrogens with zero attached hydrogens (tertiary/aromatic N) is 2. The molecule has 1 aromatic carbocycles. The van der Waals surface area contributed by atoms with Crippen LogP contribution >= 0.6 is 0 Å². The Hall–Kier alpha value is -1.68. The van der Waals surface area contributed by atoms with Gasteiger partial charge in [0.1, 0.15) is 0 Å². The minimum Gasteiger partial charge on any atom is -0.339 e. The van der Waals surface area contributed by atoms with Crippen molar-refractivity contribution in [3.63, 3.8) is 0 Å². The highest BCUT2D eigenvalue weighted by Crippen LogP contribution is 2.32. The summed E-state index contributed by atoms with van der Waals surface area (Å²) in [5.41, 5.74) is 1.23. The molecule has 2 unspecified atom stereocenters. The van der Waals surface area contributed by atoms with Crippen LogP contribution in [0.4, 0.5) is 0 Å². The van der Waals surface area contributed by atoms with Crippen LogP contribution in [-0.2, 0) is 6.54 Å². The van der Waals surface area contributed by atoms with E-state index in [-0.39, 0.29) is 5.92 Å². The molecular weight excluding hydrogens is 238 g/mol. The third-order valence-electron chi connectivity index (χ3n) is 3.46. The van der Waals surface area contributed by atoms with E-state index in [1.165, 1.54) is 5.56 Å². The van der Waals surface area contributed by atoms with E-state index >= 15 is 0 Å². The summed E-state index contributed by atoms with van der Waals surface area (Å²) in [7, 11) is 1.87. The Morgan fingerprint density at radius 1 is 1.26 bits per heavy atom. The van der Waals surface area contributed by atoms with Crippen LogP contribution in [0, 0.1) is 5.92 Å². The van der Waals surface area contributed by atoms with Gasteiger partial charge in [0.05, 0.1) is 12.5 Å². The van der Waals surface area contributed by atoms with E-state index in [0.717, 1.165) is 6.42 Å². The second-order valence-electron chi connectivity index (χ2n) is 4.85. The van der Waals surface area contributed by atoms with Gasteiger partial charge < -0.3 is 9.84 Å². The highest BCUT2D eigenvalue weighted by molar-refractivity contribution is 5.25. The molecule has 2 atom stereocenters. The first-order valence-electron chi connectivity index (χ1n) is 6.78. The van der Waals surface area contributed by atoms with Crippen molar-refractivity contribution in [3.8, 4) is 0 Å². The van der Waals surface area contributed by atoms with E-state index in [0.29, 0.717) is 24.2 Å². The van der Waals surface area contributed by atoms with Crippen molar-refractivity contribution in [3.05, 3.63) is 47.6 Å². The molecule has 0 aliphatic rings. The molecule has 19 heavy (non-hydrogen) atoms. The third kappa shape index (κ3) is 3.20. The molecule has 102 valence electrons. The number of aromatic nitrogens is 2. The van der Waals surface area contributed by atoms with Crippen molar-refractivity contribution >= 4 is 0 Å². The van der Waals surface area contributed by atoms with Crippen LogP contribution < -0.4 is 5.32 Å².